The highest BCUT2D eigenvalue weighted by molar-refractivity contribution is 5.74. The molecule has 0 saturated carbocycles. The van der Waals surface area contributed by atoms with Gasteiger partial charge in [-0.2, -0.15) is 4.98 Å². The Kier molecular flexibility index (Phi) is 1.87. The number of aryl methyl sites for hydroxylation is 1. The van der Waals surface area contributed by atoms with Crippen LogP contribution in [-0.4, -0.2) is 19.5 Å². The molecule has 5 heteroatoms. The summed E-state index contributed by atoms with van der Waals surface area (Å²) in [6.07, 6.45) is 1.77. The largest absolute Gasteiger partial charge is 0.368 e. The van der Waals surface area contributed by atoms with E-state index in [0.717, 1.165) is 16.9 Å². The van der Waals surface area contributed by atoms with Gasteiger partial charge in [-0.05, 0) is 20.8 Å². The molecule has 2 aromatic rings. The lowest BCUT2D eigenvalue weighted by molar-refractivity contribution is 0.613. The summed E-state index contributed by atoms with van der Waals surface area (Å²) >= 11 is 0. The summed E-state index contributed by atoms with van der Waals surface area (Å²) in [5, 5.41) is 0. The maximum absolute atomic E-state index is 5.59. The first-order valence-electron chi connectivity index (χ1n) is 4.56. The van der Waals surface area contributed by atoms with Crippen LogP contribution < -0.4 is 5.73 Å². The molecule has 2 N–H and O–H groups in total. The van der Waals surface area contributed by atoms with Crippen molar-refractivity contribution >= 4 is 17.1 Å². The molecule has 5 nitrogen and oxygen atoms in total. The molecule has 2 aromatic heterocycles. The van der Waals surface area contributed by atoms with Crippen LogP contribution in [0.15, 0.2) is 6.33 Å². The number of anilines is 1. The average molecular weight is 191 g/mol. The van der Waals surface area contributed by atoms with Crippen LogP contribution in [0.5, 0.6) is 0 Å². The number of nitrogens with two attached hydrogens (primary N) is 1. The van der Waals surface area contributed by atoms with E-state index in [9.17, 15) is 0 Å². The molecule has 14 heavy (non-hydrogen) atoms. The first kappa shape index (κ1) is 8.93. The Bertz CT molecular complexity index is 471. The third-order valence-corrected chi connectivity index (χ3v) is 2.17. The number of aromatic nitrogens is 4. The number of fused-ring (bicyclic) bond motifs is 1. The fraction of sp³-hybridized carbons (Fsp3) is 0.444. The maximum atomic E-state index is 5.59. The molecule has 0 unspecified atom stereocenters. The van der Waals surface area contributed by atoms with Crippen LogP contribution in [0.1, 0.15) is 25.6 Å². The maximum Gasteiger partial charge on any atom is 0.222 e. The lowest BCUT2D eigenvalue weighted by atomic mass is 10.3. The quantitative estimate of drug-likeness (QED) is 0.737. The molecule has 2 rings (SSSR count). The van der Waals surface area contributed by atoms with Crippen LogP contribution >= 0.6 is 0 Å². The van der Waals surface area contributed by atoms with Crippen molar-refractivity contribution < 1.29 is 0 Å². The SMILES string of the molecule is Cc1nc(N)nc2c1ncn2C(C)C. The van der Waals surface area contributed by atoms with Crippen LogP contribution in [0, 0.1) is 6.92 Å². The van der Waals surface area contributed by atoms with Gasteiger partial charge in [0.25, 0.3) is 0 Å². The molecule has 0 aliphatic rings. The Labute approximate surface area is 82.0 Å². The molecule has 0 aromatic carbocycles. The Morgan fingerprint density at radius 3 is 2.71 bits per heavy atom. The number of nitrogens with zero attached hydrogens (tertiary/aromatic N) is 4. The molecular formula is C9H13N5. The van der Waals surface area contributed by atoms with Gasteiger partial charge in [-0.15, -0.1) is 0 Å². The van der Waals surface area contributed by atoms with Crippen LogP contribution in [0.4, 0.5) is 5.95 Å². The van der Waals surface area contributed by atoms with Gasteiger partial charge in [-0.3, -0.25) is 0 Å². The molecule has 74 valence electrons. The minimum atomic E-state index is 0.303. The molecule has 2 heterocycles. The van der Waals surface area contributed by atoms with Crippen molar-refractivity contribution in [3.8, 4) is 0 Å². The number of nitrogen functional groups attached to an aromatic ring is 1. The van der Waals surface area contributed by atoms with Gasteiger partial charge in [0.15, 0.2) is 5.65 Å². The van der Waals surface area contributed by atoms with Crippen LogP contribution in [0.25, 0.3) is 11.2 Å². The molecule has 0 bridgehead atoms. The van der Waals surface area contributed by atoms with E-state index in [-0.39, 0.29) is 0 Å². The Morgan fingerprint density at radius 1 is 1.36 bits per heavy atom. The monoisotopic (exact) mass is 191 g/mol. The molecule has 0 fully saturated rings. The minimum absolute atomic E-state index is 0.303. The van der Waals surface area contributed by atoms with Gasteiger partial charge in [-0.25, -0.2) is 9.97 Å². The molecule has 0 aliphatic heterocycles. The van der Waals surface area contributed by atoms with Crippen LogP contribution in [-0.2, 0) is 0 Å². The average Bonchev–Trinajstić information content (AvgIpc) is 2.47. The number of rotatable bonds is 1. The third kappa shape index (κ3) is 1.21. The van der Waals surface area contributed by atoms with Crippen molar-refractivity contribution in [2.24, 2.45) is 0 Å². The standard InChI is InChI=1S/C9H13N5/c1-5(2)14-4-11-7-6(3)12-9(10)13-8(7)14/h4-5H,1-3H3,(H2,10,12,13). The normalized spacial score (nSPS) is 11.4. The van der Waals surface area contributed by atoms with Gasteiger partial charge in [0.05, 0.1) is 12.0 Å². The van der Waals surface area contributed by atoms with Gasteiger partial charge < -0.3 is 10.3 Å². The summed E-state index contributed by atoms with van der Waals surface area (Å²) in [5.41, 5.74) is 8.05. The van der Waals surface area contributed by atoms with Gasteiger partial charge in [0, 0.05) is 6.04 Å². The summed E-state index contributed by atoms with van der Waals surface area (Å²) < 4.78 is 1.99. The van der Waals surface area contributed by atoms with Crippen molar-refractivity contribution in [2.75, 3.05) is 5.73 Å². The van der Waals surface area contributed by atoms with E-state index in [0.29, 0.717) is 12.0 Å². The zero-order valence-corrected chi connectivity index (χ0v) is 8.52. The van der Waals surface area contributed by atoms with E-state index in [1.54, 1.807) is 6.33 Å². The molecule has 0 aliphatic carbocycles. The van der Waals surface area contributed by atoms with E-state index in [4.69, 9.17) is 5.73 Å². The Hall–Kier alpha value is -1.65. The Morgan fingerprint density at radius 2 is 2.07 bits per heavy atom. The topological polar surface area (TPSA) is 69.6 Å². The first-order chi connectivity index (χ1) is 6.59. The van der Waals surface area contributed by atoms with Crippen molar-refractivity contribution in [3.05, 3.63) is 12.0 Å². The van der Waals surface area contributed by atoms with E-state index in [1.807, 2.05) is 11.5 Å². The molecule has 0 amide bonds. The zero-order valence-electron chi connectivity index (χ0n) is 8.52. The molecule has 0 radical (unpaired) electrons. The lowest BCUT2D eigenvalue weighted by Crippen LogP contribution is -2.03. The minimum Gasteiger partial charge on any atom is -0.368 e. The van der Waals surface area contributed by atoms with Crippen molar-refractivity contribution in [1.29, 1.82) is 0 Å². The van der Waals surface area contributed by atoms with E-state index in [1.165, 1.54) is 0 Å². The van der Waals surface area contributed by atoms with E-state index < -0.39 is 0 Å². The summed E-state index contributed by atoms with van der Waals surface area (Å²) in [4.78, 5) is 12.5. The van der Waals surface area contributed by atoms with Gasteiger partial charge in [0.2, 0.25) is 5.95 Å². The van der Waals surface area contributed by atoms with E-state index in [2.05, 4.69) is 28.8 Å². The predicted octanol–water partition coefficient (Wildman–Crippen LogP) is 1.30. The van der Waals surface area contributed by atoms with E-state index >= 15 is 0 Å². The van der Waals surface area contributed by atoms with Crippen molar-refractivity contribution in [1.82, 2.24) is 19.5 Å². The summed E-state index contributed by atoms with van der Waals surface area (Å²) in [5.74, 6) is 0.303. The molecular weight excluding hydrogens is 178 g/mol. The number of imidazole rings is 1. The second-order valence-electron chi connectivity index (χ2n) is 3.59. The van der Waals surface area contributed by atoms with Crippen LogP contribution in [0.2, 0.25) is 0 Å². The Balaban J connectivity index is 2.78. The summed E-state index contributed by atoms with van der Waals surface area (Å²) in [6, 6.07) is 0.327. The molecule has 0 atom stereocenters. The van der Waals surface area contributed by atoms with Gasteiger partial charge in [0.1, 0.15) is 5.52 Å². The van der Waals surface area contributed by atoms with Gasteiger partial charge in [-0.1, -0.05) is 0 Å². The first-order valence-corrected chi connectivity index (χ1v) is 4.56. The molecule has 0 spiro atoms. The molecule has 0 saturated heterocycles. The zero-order chi connectivity index (χ0) is 10.3. The lowest BCUT2D eigenvalue weighted by Gasteiger charge is -2.07. The van der Waals surface area contributed by atoms with Crippen molar-refractivity contribution in [3.63, 3.8) is 0 Å². The highest BCUT2D eigenvalue weighted by atomic mass is 15.2. The second kappa shape index (κ2) is 2.94. The second-order valence-corrected chi connectivity index (χ2v) is 3.59. The van der Waals surface area contributed by atoms with Crippen molar-refractivity contribution in [2.45, 2.75) is 26.8 Å². The van der Waals surface area contributed by atoms with Crippen LogP contribution in [0.3, 0.4) is 0 Å². The number of hydrogen-bond donors (Lipinski definition) is 1. The summed E-state index contributed by atoms with van der Waals surface area (Å²) in [6.45, 7) is 6.04. The number of hydrogen-bond acceptors (Lipinski definition) is 4. The fourth-order valence-corrected chi connectivity index (χ4v) is 1.46. The predicted molar refractivity (Wildman–Crippen MR) is 54.9 cm³/mol. The smallest absolute Gasteiger partial charge is 0.222 e. The third-order valence-electron chi connectivity index (χ3n) is 2.17. The highest BCUT2D eigenvalue weighted by Crippen LogP contribution is 2.17. The summed E-state index contributed by atoms with van der Waals surface area (Å²) in [7, 11) is 0. The van der Waals surface area contributed by atoms with Gasteiger partial charge >= 0.3 is 0 Å². The fourth-order valence-electron chi connectivity index (χ4n) is 1.46. The highest BCUT2D eigenvalue weighted by Gasteiger charge is 2.10.